The zero-order valence-corrected chi connectivity index (χ0v) is 23.3. The topological polar surface area (TPSA) is 147 Å². The number of nitrogens with zero attached hydrogens (tertiary/aromatic N) is 1. The molecule has 2 aromatic rings. The molecule has 0 spiro atoms. The number of amides is 2. The second-order valence-electron chi connectivity index (χ2n) is 9.24. The Morgan fingerprint density at radius 2 is 1.67 bits per heavy atom. The molecule has 39 heavy (non-hydrogen) atoms. The first-order valence-electron chi connectivity index (χ1n) is 13.2. The standard InChI is InChI=1S/C29H39N3O6S/c1-3-22-12-7-8-14-24(22)21-32(25-15-10-9-13-23(25)4-2)29(35)18-17-26(33)27(39(36,37)38)20-31-28(34)16-6-5-11-19-30/h4,7-10,12-15,27H,2-3,5-6,11,16-21,30H2,1H3,(H,31,34)(H,36,37,38). The van der Waals surface area contributed by atoms with Gasteiger partial charge in [-0.25, -0.2) is 0 Å². The fourth-order valence-corrected chi connectivity index (χ4v) is 5.00. The Morgan fingerprint density at radius 1 is 1.00 bits per heavy atom. The van der Waals surface area contributed by atoms with Crippen LogP contribution in [0.5, 0.6) is 0 Å². The maximum Gasteiger partial charge on any atom is 0.276 e. The molecule has 1 atom stereocenters. The largest absolute Gasteiger partial charge is 0.354 e. The number of aryl methyl sites for hydroxylation is 1. The molecule has 4 N–H and O–H groups in total. The van der Waals surface area contributed by atoms with Gasteiger partial charge < -0.3 is 16.0 Å². The Morgan fingerprint density at radius 3 is 2.31 bits per heavy atom. The van der Waals surface area contributed by atoms with Crippen LogP contribution in [-0.4, -0.2) is 48.9 Å². The normalized spacial score (nSPS) is 12.0. The van der Waals surface area contributed by atoms with Crippen LogP contribution in [0.15, 0.2) is 55.1 Å². The smallest absolute Gasteiger partial charge is 0.276 e. The van der Waals surface area contributed by atoms with Gasteiger partial charge in [0.25, 0.3) is 10.1 Å². The van der Waals surface area contributed by atoms with Gasteiger partial charge in [-0.3, -0.25) is 18.9 Å². The lowest BCUT2D eigenvalue weighted by Gasteiger charge is -2.26. The van der Waals surface area contributed by atoms with Crippen molar-refractivity contribution in [3.63, 3.8) is 0 Å². The summed E-state index contributed by atoms with van der Waals surface area (Å²) in [5.74, 6) is -1.66. The number of para-hydroxylation sites is 1. The molecule has 9 nitrogen and oxygen atoms in total. The maximum atomic E-state index is 13.5. The first-order valence-corrected chi connectivity index (χ1v) is 14.7. The third-order valence-corrected chi connectivity index (χ3v) is 7.62. The van der Waals surface area contributed by atoms with Gasteiger partial charge >= 0.3 is 0 Å². The molecule has 0 heterocycles. The van der Waals surface area contributed by atoms with Crippen molar-refractivity contribution in [3.8, 4) is 0 Å². The van der Waals surface area contributed by atoms with Crippen LogP contribution in [0.4, 0.5) is 5.69 Å². The van der Waals surface area contributed by atoms with E-state index in [1.54, 1.807) is 23.1 Å². The number of ketones is 1. The first kappa shape index (κ1) is 31.9. The summed E-state index contributed by atoms with van der Waals surface area (Å²) >= 11 is 0. The van der Waals surface area contributed by atoms with Crippen LogP contribution in [0.1, 0.15) is 62.1 Å². The molecule has 10 heteroatoms. The monoisotopic (exact) mass is 557 g/mol. The van der Waals surface area contributed by atoms with Crippen LogP contribution in [0.25, 0.3) is 6.08 Å². The fraction of sp³-hybridized carbons (Fsp3) is 0.414. The zero-order chi connectivity index (χ0) is 28.8. The van der Waals surface area contributed by atoms with Crippen LogP contribution < -0.4 is 16.0 Å². The third-order valence-electron chi connectivity index (χ3n) is 6.47. The highest BCUT2D eigenvalue weighted by atomic mass is 32.2. The zero-order valence-electron chi connectivity index (χ0n) is 22.5. The molecular weight excluding hydrogens is 518 g/mol. The molecule has 0 saturated carbocycles. The quantitative estimate of drug-likeness (QED) is 0.199. The molecule has 0 radical (unpaired) electrons. The number of hydrogen-bond acceptors (Lipinski definition) is 6. The lowest BCUT2D eigenvalue weighted by molar-refractivity contribution is -0.124. The van der Waals surface area contributed by atoms with Crippen molar-refractivity contribution in [3.05, 3.63) is 71.8 Å². The highest BCUT2D eigenvalue weighted by molar-refractivity contribution is 7.87. The van der Waals surface area contributed by atoms with E-state index in [4.69, 9.17) is 5.73 Å². The average Bonchev–Trinajstić information content (AvgIpc) is 2.92. The predicted molar refractivity (Wildman–Crippen MR) is 154 cm³/mol. The first-order chi connectivity index (χ1) is 18.6. The SMILES string of the molecule is C=Cc1ccccc1N(Cc1ccccc1CC)C(=O)CCC(=O)C(CNC(=O)CCCCCN)S(=O)(=O)O. The Kier molecular flexibility index (Phi) is 13.0. The number of nitrogens with two attached hydrogens (primary N) is 1. The van der Waals surface area contributed by atoms with E-state index in [-0.39, 0.29) is 25.3 Å². The van der Waals surface area contributed by atoms with Crippen molar-refractivity contribution in [2.24, 2.45) is 5.73 Å². The summed E-state index contributed by atoms with van der Waals surface area (Å²) in [6.07, 6.45) is 3.96. The minimum absolute atomic E-state index is 0.155. The second kappa shape index (κ2) is 15.9. The summed E-state index contributed by atoms with van der Waals surface area (Å²) in [6, 6.07) is 15.0. The number of unbranched alkanes of at least 4 members (excludes halogenated alkanes) is 2. The van der Waals surface area contributed by atoms with Crippen LogP contribution in [0.3, 0.4) is 0 Å². The van der Waals surface area contributed by atoms with Gasteiger partial charge in [0, 0.05) is 25.8 Å². The molecule has 1 unspecified atom stereocenters. The van der Waals surface area contributed by atoms with Crippen molar-refractivity contribution in [1.82, 2.24) is 5.32 Å². The number of benzene rings is 2. The van der Waals surface area contributed by atoms with E-state index in [1.165, 1.54) is 0 Å². The number of rotatable bonds is 17. The van der Waals surface area contributed by atoms with Gasteiger partial charge in [-0.1, -0.05) is 68.5 Å². The molecule has 2 aromatic carbocycles. The molecule has 0 aromatic heterocycles. The number of carbonyl (C=O) groups is 3. The third kappa shape index (κ3) is 10.0. The molecule has 2 amide bonds. The van der Waals surface area contributed by atoms with Crippen molar-refractivity contribution in [1.29, 1.82) is 0 Å². The van der Waals surface area contributed by atoms with Crippen LogP contribution in [0.2, 0.25) is 0 Å². The second-order valence-corrected chi connectivity index (χ2v) is 10.8. The fourth-order valence-electron chi connectivity index (χ4n) is 4.25. The van der Waals surface area contributed by atoms with Gasteiger partial charge in [0.1, 0.15) is 0 Å². The predicted octanol–water partition coefficient (Wildman–Crippen LogP) is 3.67. The van der Waals surface area contributed by atoms with Crippen molar-refractivity contribution < 1.29 is 27.4 Å². The summed E-state index contributed by atoms with van der Waals surface area (Å²) in [5.41, 5.74) is 8.80. The van der Waals surface area contributed by atoms with E-state index in [1.807, 2.05) is 43.3 Å². The van der Waals surface area contributed by atoms with Crippen molar-refractivity contribution in [2.75, 3.05) is 18.0 Å². The molecule has 2 rings (SSSR count). The van der Waals surface area contributed by atoms with E-state index in [9.17, 15) is 27.4 Å². The molecule has 0 fully saturated rings. The lowest BCUT2D eigenvalue weighted by atomic mass is 10.0. The van der Waals surface area contributed by atoms with Crippen molar-refractivity contribution >= 4 is 39.5 Å². The van der Waals surface area contributed by atoms with Crippen molar-refractivity contribution in [2.45, 2.75) is 63.7 Å². The summed E-state index contributed by atoms with van der Waals surface area (Å²) in [7, 11) is -4.80. The Hall–Kier alpha value is -3.34. The van der Waals surface area contributed by atoms with E-state index in [0.29, 0.717) is 18.7 Å². The summed E-state index contributed by atoms with van der Waals surface area (Å²) in [6.45, 7) is 6.07. The highest BCUT2D eigenvalue weighted by Crippen LogP contribution is 2.26. The van der Waals surface area contributed by atoms with Crippen LogP contribution >= 0.6 is 0 Å². The molecule has 212 valence electrons. The average molecular weight is 558 g/mol. The van der Waals surface area contributed by atoms with Gasteiger partial charge in [-0.2, -0.15) is 8.42 Å². The molecule has 0 aliphatic carbocycles. The van der Waals surface area contributed by atoms with Gasteiger partial charge in [0.2, 0.25) is 11.8 Å². The lowest BCUT2D eigenvalue weighted by Crippen LogP contribution is -2.42. The van der Waals surface area contributed by atoms with E-state index >= 15 is 0 Å². The van der Waals surface area contributed by atoms with E-state index in [0.717, 1.165) is 36.0 Å². The molecule has 0 aliphatic rings. The van der Waals surface area contributed by atoms with Crippen LogP contribution in [-0.2, 0) is 37.5 Å². The Labute approximate surface area is 231 Å². The minimum Gasteiger partial charge on any atom is -0.354 e. The number of Topliss-reactive ketones (excluding diaryl/α,β-unsaturated/α-hetero) is 1. The molecular formula is C29H39N3O6S. The number of carbonyl (C=O) groups excluding carboxylic acids is 3. The Bertz CT molecular complexity index is 1250. The molecule has 0 aliphatic heterocycles. The number of anilines is 1. The van der Waals surface area contributed by atoms with Crippen LogP contribution in [0, 0.1) is 0 Å². The van der Waals surface area contributed by atoms with Gasteiger partial charge in [0.05, 0.1) is 12.2 Å². The van der Waals surface area contributed by atoms with E-state index in [2.05, 4.69) is 11.9 Å². The minimum atomic E-state index is -4.80. The summed E-state index contributed by atoms with van der Waals surface area (Å²) in [4.78, 5) is 40.0. The summed E-state index contributed by atoms with van der Waals surface area (Å²) < 4.78 is 33.5. The molecule has 0 saturated heterocycles. The van der Waals surface area contributed by atoms with E-state index < -0.39 is 40.0 Å². The number of hydrogen-bond donors (Lipinski definition) is 3. The molecule has 0 bridgehead atoms. The van der Waals surface area contributed by atoms with Gasteiger partial charge in [-0.05, 0) is 48.6 Å². The number of nitrogens with one attached hydrogen (secondary N) is 1. The highest BCUT2D eigenvalue weighted by Gasteiger charge is 2.32. The summed E-state index contributed by atoms with van der Waals surface area (Å²) in [5, 5.41) is 0.553. The van der Waals surface area contributed by atoms with Gasteiger partial charge in [-0.15, -0.1) is 0 Å². The van der Waals surface area contributed by atoms with Gasteiger partial charge in [0.15, 0.2) is 11.0 Å². The maximum absolute atomic E-state index is 13.5. The Balaban J connectivity index is 2.16.